The second kappa shape index (κ2) is 5.69. The van der Waals surface area contributed by atoms with Crippen LogP contribution in [0.4, 0.5) is 0 Å². The zero-order chi connectivity index (χ0) is 10.6. The second-order valence-electron chi connectivity index (χ2n) is 4.27. The van der Waals surface area contributed by atoms with Crippen molar-refractivity contribution in [2.24, 2.45) is 0 Å². The van der Waals surface area contributed by atoms with Crippen LogP contribution in [0.25, 0.3) is 0 Å². The highest BCUT2D eigenvalue weighted by Gasteiger charge is 2.35. The minimum Gasteiger partial charge on any atom is -0.395 e. The Labute approximate surface area is 87.5 Å². The van der Waals surface area contributed by atoms with E-state index in [1.807, 2.05) is 6.92 Å². The Morgan fingerprint density at radius 1 is 1.43 bits per heavy atom. The van der Waals surface area contributed by atoms with E-state index >= 15 is 0 Å². The van der Waals surface area contributed by atoms with Crippen LogP contribution < -0.4 is 5.32 Å². The van der Waals surface area contributed by atoms with Crippen LogP contribution in [-0.4, -0.2) is 47.8 Å². The van der Waals surface area contributed by atoms with Crippen molar-refractivity contribution in [2.45, 2.75) is 51.7 Å². The van der Waals surface area contributed by atoms with Crippen LogP contribution >= 0.6 is 0 Å². The molecule has 0 bridgehead atoms. The van der Waals surface area contributed by atoms with Gasteiger partial charge in [0, 0.05) is 24.7 Å². The summed E-state index contributed by atoms with van der Waals surface area (Å²) in [6, 6.07) is 1.73. The Hall–Kier alpha value is -0.120. The van der Waals surface area contributed by atoms with Gasteiger partial charge in [-0.15, -0.1) is 0 Å². The Morgan fingerprint density at radius 2 is 2.14 bits per heavy atom. The van der Waals surface area contributed by atoms with Gasteiger partial charge in [-0.2, -0.15) is 0 Å². The highest BCUT2D eigenvalue weighted by Crippen LogP contribution is 2.26. The quantitative estimate of drug-likeness (QED) is 0.666. The first-order valence-corrected chi connectivity index (χ1v) is 5.82. The van der Waals surface area contributed by atoms with E-state index in [0.29, 0.717) is 6.04 Å². The fourth-order valence-electron chi connectivity index (χ4n) is 2.26. The average Bonchev–Trinajstić information content (AvgIpc) is 2.17. The van der Waals surface area contributed by atoms with Crippen LogP contribution in [0.3, 0.4) is 0 Å². The summed E-state index contributed by atoms with van der Waals surface area (Å²) in [5, 5.41) is 12.2. The van der Waals surface area contributed by atoms with Crippen LogP contribution in [0, 0.1) is 0 Å². The number of hydrogen-bond acceptors (Lipinski definition) is 3. The number of likely N-dealkylation sites (tertiary alicyclic amines) is 1. The minimum atomic E-state index is 0.231. The van der Waals surface area contributed by atoms with E-state index < -0.39 is 0 Å². The highest BCUT2D eigenvalue weighted by molar-refractivity contribution is 4.92. The lowest BCUT2D eigenvalue weighted by molar-refractivity contribution is 0.0167. The third-order valence-electron chi connectivity index (χ3n) is 3.29. The first kappa shape index (κ1) is 12.0. The van der Waals surface area contributed by atoms with Crippen LogP contribution in [0.1, 0.15) is 33.6 Å². The lowest BCUT2D eigenvalue weighted by Crippen LogP contribution is -2.59. The molecule has 3 nitrogen and oxygen atoms in total. The van der Waals surface area contributed by atoms with E-state index in [-0.39, 0.29) is 12.6 Å². The number of hydrogen-bond donors (Lipinski definition) is 2. The van der Waals surface area contributed by atoms with Gasteiger partial charge in [0.05, 0.1) is 6.61 Å². The Bertz CT molecular complexity index is 163. The maximum Gasteiger partial charge on any atom is 0.0581 e. The van der Waals surface area contributed by atoms with Crippen LogP contribution in [0.5, 0.6) is 0 Å². The highest BCUT2D eigenvalue weighted by atomic mass is 16.3. The van der Waals surface area contributed by atoms with Gasteiger partial charge in [0.1, 0.15) is 0 Å². The molecule has 1 rings (SSSR count). The first-order valence-electron chi connectivity index (χ1n) is 5.82. The Balaban J connectivity index is 2.20. The molecule has 14 heavy (non-hydrogen) atoms. The van der Waals surface area contributed by atoms with Crippen molar-refractivity contribution in [2.75, 3.05) is 19.7 Å². The van der Waals surface area contributed by atoms with Crippen molar-refractivity contribution in [3.8, 4) is 0 Å². The van der Waals surface area contributed by atoms with Gasteiger partial charge in [-0.25, -0.2) is 0 Å². The van der Waals surface area contributed by atoms with Gasteiger partial charge in [0.2, 0.25) is 0 Å². The number of nitrogens with zero attached hydrogens (tertiary/aromatic N) is 1. The molecule has 0 aromatic heterocycles. The third kappa shape index (κ3) is 2.69. The number of aliphatic hydroxyl groups is 1. The van der Waals surface area contributed by atoms with E-state index in [4.69, 9.17) is 5.11 Å². The molecular weight excluding hydrogens is 176 g/mol. The van der Waals surface area contributed by atoms with Crippen molar-refractivity contribution in [3.63, 3.8) is 0 Å². The number of likely N-dealkylation sites (N-methyl/N-ethyl adjacent to an activating group) is 1. The molecule has 1 fully saturated rings. The summed E-state index contributed by atoms with van der Waals surface area (Å²) in [4.78, 5) is 2.55. The van der Waals surface area contributed by atoms with Crippen LogP contribution in [0.15, 0.2) is 0 Å². The second-order valence-corrected chi connectivity index (χ2v) is 4.27. The standard InChI is InChI=1S/C11H24N2O/c1-4-10-6-11(13(10)5-2)7-12-9(3)8-14/h9-12,14H,4-8H2,1-3H3. The lowest BCUT2D eigenvalue weighted by atomic mass is 9.91. The first-order chi connectivity index (χ1) is 6.72. The molecule has 1 saturated heterocycles. The number of rotatable bonds is 6. The van der Waals surface area contributed by atoms with Gasteiger partial charge < -0.3 is 10.4 Å². The molecule has 0 aliphatic carbocycles. The smallest absolute Gasteiger partial charge is 0.0581 e. The van der Waals surface area contributed by atoms with Crippen molar-refractivity contribution >= 4 is 0 Å². The Kier molecular flexibility index (Phi) is 4.85. The predicted molar refractivity (Wildman–Crippen MR) is 59.4 cm³/mol. The van der Waals surface area contributed by atoms with Crippen molar-refractivity contribution in [3.05, 3.63) is 0 Å². The van der Waals surface area contributed by atoms with E-state index in [2.05, 4.69) is 24.1 Å². The molecule has 0 aromatic carbocycles. The molecule has 84 valence electrons. The maximum absolute atomic E-state index is 8.88. The van der Waals surface area contributed by atoms with Crippen molar-refractivity contribution in [1.29, 1.82) is 0 Å². The molecule has 1 heterocycles. The number of nitrogens with one attached hydrogen (secondary N) is 1. The number of aliphatic hydroxyl groups excluding tert-OH is 1. The fourth-order valence-corrected chi connectivity index (χ4v) is 2.26. The fraction of sp³-hybridized carbons (Fsp3) is 1.00. The minimum absolute atomic E-state index is 0.231. The molecule has 1 aliphatic rings. The third-order valence-corrected chi connectivity index (χ3v) is 3.29. The SMILES string of the molecule is CCC1CC(CNC(C)CO)N1CC. The molecule has 0 amide bonds. The zero-order valence-electron chi connectivity index (χ0n) is 9.66. The monoisotopic (exact) mass is 200 g/mol. The van der Waals surface area contributed by atoms with E-state index in [0.717, 1.165) is 19.1 Å². The zero-order valence-corrected chi connectivity index (χ0v) is 9.66. The molecule has 3 atom stereocenters. The summed E-state index contributed by atoms with van der Waals surface area (Å²) in [5.41, 5.74) is 0. The van der Waals surface area contributed by atoms with Crippen molar-refractivity contribution < 1.29 is 5.11 Å². The average molecular weight is 200 g/mol. The summed E-state index contributed by atoms with van der Waals surface area (Å²) in [6.45, 7) is 8.91. The maximum atomic E-state index is 8.88. The van der Waals surface area contributed by atoms with Gasteiger partial charge in [-0.1, -0.05) is 13.8 Å². The molecule has 1 aliphatic heterocycles. The van der Waals surface area contributed by atoms with Crippen LogP contribution in [-0.2, 0) is 0 Å². The lowest BCUT2D eigenvalue weighted by Gasteiger charge is -2.48. The molecule has 0 spiro atoms. The van der Waals surface area contributed by atoms with E-state index in [1.165, 1.54) is 12.8 Å². The summed E-state index contributed by atoms with van der Waals surface area (Å²) < 4.78 is 0. The Morgan fingerprint density at radius 3 is 2.64 bits per heavy atom. The summed E-state index contributed by atoms with van der Waals surface area (Å²) >= 11 is 0. The molecule has 2 N–H and O–H groups in total. The molecular formula is C11H24N2O. The van der Waals surface area contributed by atoms with E-state index in [9.17, 15) is 0 Å². The molecule has 3 heteroatoms. The topological polar surface area (TPSA) is 35.5 Å². The van der Waals surface area contributed by atoms with E-state index in [1.54, 1.807) is 0 Å². The summed E-state index contributed by atoms with van der Waals surface area (Å²) in [7, 11) is 0. The van der Waals surface area contributed by atoms with Gasteiger partial charge in [-0.3, -0.25) is 4.90 Å². The largest absolute Gasteiger partial charge is 0.395 e. The van der Waals surface area contributed by atoms with Crippen LogP contribution in [0.2, 0.25) is 0 Å². The normalized spacial score (nSPS) is 30.0. The summed E-state index contributed by atoms with van der Waals surface area (Å²) in [5.74, 6) is 0. The molecule has 0 aromatic rings. The van der Waals surface area contributed by atoms with Gasteiger partial charge in [0.25, 0.3) is 0 Å². The molecule has 0 radical (unpaired) electrons. The van der Waals surface area contributed by atoms with Gasteiger partial charge in [-0.05, 0) is 26.3 Å². The van der Waals surface area contributed by atoms with Gasteiger partial charge in [0.15, 0.2) is 0 Å². The molecule has 3 unspecified atom stereocenters. The predicted octanol–water partition coefficient (Wildman–Crippen LogP) is 0.830. The molecule has 0 saturated carbocycles. The summed E-state index contributed by atoms with van der Waals surface area (Å²) in [6.07, 6.45) is 2.58. The van der Waals surface area contributed by atoms with Crippen molar-refractivity contribution in [1.82, 2.24) is 10.2 Å². The van der Waals surface area contributed by atoms with Gasteiger partial charge >= 0.3 is 0 Å².